The van der Waals surface area contributed by atoms with Gasteiger partial charge in [-0.2, -0.15) is 0 Å². The summed E-state index contributed by atoms with van der Waals surface area (Å²) in [5.74, 6) is -0.835. The van der Waals surface area contributed by atoms with Crippen molar-refractivity contribution in [3.8, 4) is 5.75 Å². The minimum Gasteiger partial charge on any atom is -0.545 e. The summed E-state index contributed by atoms with van der Waals surface area (Å²) in [5, 5.41) is 21.0. The van der Waals surface area contributed by atoms with Gasteiger partial charge in [0.05, 0.1) is 5.97 Å². The largest absolute Gasteiger partial charge is 1.00 e. The first-order chi connectivity index (χ1) is 8.97. The molecule has 1 unspecified atom stereocenters. The second-order valence-electron chi connectivity index (χ2n) is 5.26. The third-order valence-electron chi connectivity index (χ3n) is 3.62. The smallest absolute Gasteiger partial charge is 0.545 e. The minimum atomic E-state index is -1.18. The molecule has 0 aliphatic rings. The van der Waals surface area contributed by atoms with Gasteiger partial charge in [0.25, 0.3) is 0 Å². The monoisotopic (exact) mass is 286 g/mol. The van der Waals surface area contributed by atoms with Gasteiger partial charge in [0.1, 0.15) is 5.75 Å². The van der Waals surface area contributed by atoms with Crippen LogP contribution in [-0.4, -0.2) is 11.1 Å². The number of unbranched alkanes of at least 4 members (excludes halogenated alkanes) is 3. The molecule has 4 heteroatoms. The van der Waals surface area contributed by atoms with E-state index in [1.807, 2.05) is 6.92 Å². The SMILES string of the molecule is CCCCCCC(C)c1cc(C(=O)[O-])c(C)cc1O.[Na+]. The summed E-state index contributed by atoms with van der Waals surface area (Å²) >= 11 is 0. The number of phenols is 1. The number of carbonyl (C=O) groups excluding carboxylic acids is 1. The molecule has 0 fully saturated rings. The van der Waals surface area contributed by atoms with Crippen molar-refractivity contribution in [3.05, 3.63) is 28.8 Å². The number of rotatable bonds is 7. The molecule has 1 atom stereocenters. The van der Waals surface area contributed by atoms with Crippen LogP contribution in [0.3, 0.4) is 0 Å². The number of benzene rings is 1. The van der Waals surface area contributed by atoms with Crippen molar-refractivity contribution in [2.24, 2.45) is 0 Å². The van der Waals surface area contributed by atoms with Gasteiger partial charge in [-0.25, -0.2) is 0 Å². The van der Waals surface area contributed by atoms with Gasteiger partial charge in [-0.3, -0.25) is 0 Å². The maximum atomic E-state index is 11.0. The van der Waals surface area contributed by atoms with Gasteiger partial charge in [-0.05, 0) is 42.5 Å². The number of carboxylic acid groups (broad SMARTS) is 1. The van der Waals surface area contributed by atoms with Crippen molar-refractivity contribution in [1.82, 2.24) is 0 Å². The molecular formula is C16H23NaO3. The zero-order valence-electron chi connectivity index (χ0n) is 13.0. The Morgan fingerprint density at radius 2 is 1.95 bits per heavy atom. The standard InChI is InChI=1S/C16H24O3.Na/c1-4-5-6-7-8-11(2)13-10-14(16(18)19)12(3)9-15(13)17;/h9-11,17H,4-8H2,1-3H3,(H,18,19);/q;+1/p-1. The Bertz CT molecular complexity index is 444. The zero-order valence-corrected chi connectivity index (χ0v) is 15.0. The molecule has 0 aliphatic heterocycles. The Morgan fingerprint density at radius 3 is 2.50 bits per heavy atom. The molecule has 0 bridgehead atoms. The average Bonchev–Trinajstić information content (AvgIpc) is 2.34. The van der Waals surface area contributed by atoms with Crippen molar-refractivity contribution in [3.63, 3.8) is 0 Å². The fourth-order valence-corrected chi connectivity index (χ4v) is 2.36. The summed E-state index contributed by atoms with van der Waals surface area (Å²) in [7, 11) is 0. The fourth-order valence-electron chi connectivity index (χ4n) is 2.36. The van der Waals surface area contributed by atoms with Crippen LogP contribution < -0.4 is 34.7 Å². The van der Waals surface area contributed by atoms with E-state index in [1.165, 1.54) is 25.3 Å². The van der Waals surface area contributed by atoms with Crippen LogP contribution in [0, 0.1) is 6.92 Å². The first-order valence-corrected chi connectivity index (χ1v) is 7.02. The molecule has 3 nitrogen and oxygen atoms in total. The second kappa shape index (κ2) is 9.43. The van der Waals surface area contributed by atoms with Gasteiger partial charge in [0.2, 0.25) is 0 Å². The Kier molecular flexibility index (Phi) is 9.19. The summed E-state index contributed by atoms with van der Waals surface area (Å²) in [5.41, 5.74) is 1.42. The number of hydrogen-bond acceptors (Lipinski definition) is 3. The van der Waals surface area contributed by atoms with Crippen LogP contribution in [0.2, 0.25) is 0 Å². The number of aromatic carboxylic acids is 1. The molecule has 1 rings (SSSR count). The van der Waals surface area contributed by atoms with Crippen LogP contribution >= 0.6 is 0 Å². The first kappa shape index (κ1) is 19.5. The molecule has 1 N–H and O–H groups in total. The molecule has 1 aromatic carbocycles. The van der Waals surface area contributed by atoms with Crippen molar-refractivity contribution in [2.75, 3.05) is 0 Å². The number of carbonyl (C=O) groups is 1. The van der Waals surface area contributed by atoms with Gasteiger partial charge in [-0.1, -0.05) is 39.5 Å². The van der Waals surface area contributed by atoms with Gasteiger partial charge < -0.3 is 15.0 Å². The predicted molar refractivity (Wildman–Crippen MR) is 74.3 cm³/mol. The maximum Gasteiger partial charge on any atom is 1.00 e. The molecule has 0 aliphatic carbocycles. The second-order valence-corrected chi connectivity index (χ2v) is 5.26. The number of phenolic OH excluding ortho intramolecular Hbond substituents is 1. The van der Waals surface area contributed by atoms with E-state index in [0.717, 1.165) is 12.8 Å². The Balaban J connectivity index is 0.00000361. The van der Waals surface area contributed by atoms with Crippen molar-refractivity contribution in [2.45, 2.75) is 58.8 Å². The van der Waals surface area contributed by atoms with Crippen LogP contribution in [0.4, 0.5) is 0 Å². The molecule has 1 aromatic rings. The number of hydrogen-bond donors (Lipinski definition) is 1. The molecule has 0 amide bonds. The topological polar surface area (TPSA) is 60.4 Å². The molecular weight excluding hydrogens is 263 g/mol. The van der Waals surface area contributed by atoms with Gasteiger partial charge in [0.15, 0.2) is 0 Å². The molecule has 0 radical (unpaired) electrons. The molecule has 20 heavy (non-hydrogen) atoms. The summed E-state index contributed by atoms with van der Waals surface area (Å²) in [6.45, 7) is 5.86. The average molecular weight is 286 g/mol. The Morgan fingerprint density at radius 1 is 1.30 bits per heavy atom. The Labute approximate surface area is 143 Å². The molecule has 0 saturated carbocycles. The third kappa shape index (κ3) is 5.47. The van der Waals surface area contributed by atoms with Crippen molar-refractivity contribution >= 4 is 5.97 Å². The number of carboxylic acids is 1. The van der Waals surface area contributed by atoms with E-state index in [-0.39, 0.29) is 46.8 Å². The molecule has 106 valence electrons. The summed E-state index contributed by atoms with van der Waals surface area (Å²) in [6.07, 6.45) is 5.66. The minimum absolute atomic E-state index is 0. The summed E-state index contributed by atoms with van der Waals surface area (Å²) in [6, 6.07) is 3.08. The quantitative estimate of drug-likeness (QED) is 0.573. The van der Waals surface area contributed by atoms with Crippen LogP contribution in [0.25, 0.3) is 0 Å². The summed E-state index contributed by atoms with van der Waals surface area (Å²) < 4.78 is 0. The number of aromatic hydroxyl groups is 1. The molecule has 0 aromatic heterocycles. The molecule has 0 spiro atoms. The van der Waals surface area contributed by atoms with Crippen LogP contribution in [0.15, 0.2) is 12.1 Å². The van der Waals surface area contributed by atoms with Crippen LogP contribution in [0.1, 0.15) is 73.4 Å². The maximum absolute atomic E-state index is 11.0. The van der Waals surface area contributed by atoms with Crippen molar-refractivity contribution in [1.29, 1.82) is 0 Å². The molecule has 0 heterocycles. The van der Waals surface area contributed by atoms with Crippen molar-refractivity contribution < 1.29 is 44.6 Å². The van der Waals surface area contributed by atoms with Crippen LogP contribution in [-0.2, 0) is 0 Å². The Hall–Kier alpha value is -0.510. The number of aryl methyl sites for hydroxylation is 1. The zero-order chi connectivity index (χ0) is 14.4. The first-order valence-electron chi connectivity index (χ1n) is 7.02. The third-order valence-corrected chi connectivity index (χ3v) is 3.62. The van der Waals surface area contributed by atoms with E-state index in [1.54, 1.807) is 13.0 Å². The summed E-state index contributed by atoms with van der Waals surface area (Å²) in [4.78, 5) is 11.0. The fraction of sp³-hybridized carbons (Fsp3) is 0.562. The van der Waals surface area contributed by atoms with E-state index in [9.17, 15) is 15.0 Å². The van der Waals surface area contributed by atoms with E-state index in [2.05, 4.69) is 6.92 Å². The van der Waals surface area contributed by atoms with E-state index < -0.39 is 5.97 Å². The van der Waals surface area contributed by atoms with Gasteiger partial charge in [-0.15, -0.1) is 0 Å². The van der Waals surface area contributed by atoms with Gasteiger partial charge >= 0.3 is 29.6 Å². The predicted octanol–water partition coefficient (Wildman–Crippen LogP) is 0.142. The van der Waals surface area contributed by atoms with E-state index in [0.29, 0.717) is 11.1 Å². The molecule has 0 saturated heterocycles. The normalized spacial score (nSPS) is 11.8. The van der Waals surface area contributed by atoms with E-state index >= 15 is 0 Å². The van der Waals surface area contributed by atoms with Crippen LogP contribution in [0.5, 0.6) is 5.75 Å². The van der Waals surface area contributed by atoms with E-state index in [4.69, 9.17) is 0 Å². The van der Waals surface area contributed by atoms with Gasteiger partial charge in [0, 0.05) is 5.56 Å².